The minimum Gasteiger partial charge on any atom is -0.492 e. The van der Waals surface area contributed by atoms with Gasteiger partial charge < -0.3 is 9.84 Å². The highest BCUT2D eigenvalue weighted by Gasteiger charge is 2.29. The van der Waals surface area contributed by atoms with Crippen LogP contribution >= 0.6 is 0 Å². The van der Waals surface area contributed by atoms with Gasteiger partial charge in [-0.2, -0.15) is 0 Å². The maximum absolute atomic E-state index is 12.0. The molecule has 1 atom stereocenters. The summed E-state index contributed by atoms with van der Waals surface area (Å²) in [7, 11) is 1.36. The van der Waals surface area contributed by atoms with E-state index in [1.165, 1.54) is 13.2 Å². The Morgan fingerprint density at radius 2 is 2.00 bits per heavy atom. The van der Waals surface area contributed by atoms with Crippen molar-refractivity contribution < 1.29 is 19.4 Å². The summed E-state index contributed by atoms with van der Waals surface area (Å²) in [5, 5.41) is 9.96. The van der Waals surface area contributed by atoms with Crippen LogP contribution in [0.4, 0.5) is 0 Å². The van der Waals surface area contributed by atoms with E-state index in [9.17, 15) is 14.7 Å². The Morgan fingerprint density at radius 3 is 2.56 bits per heavy atom. The van der Waals surface area contributed by atoms with E-state index in [2.05, 4.69) is 6.92 Å². The van der Waals surface area contributed by atoms with E-state index in [-0.39, 0.29) is 28.5 Å². The van der Waals surface area contributed by atoms with Gasteiger partial charge in [-0.15, -0.1) is 0 Å². The summed E-state index contributed by atoms with van der Waals surface area (Å²) in [5.41, 5.74) is 0.462. The van der Waals surface area contributed by atoms with Gasteiger partial charge in [0.25, 0.3) is 0 Å². The van der Waals surface area contributed by atoms with E-state index in [0.29, 0.717) is 6.42 Å². The molecule has 1 N–H and O–H groups in total. The lowest BCUT2D eigenvalue weighted by molar-refractivity contribution is -0.118. The van der Waals surface area contributed by atoms with Crippen LogP contribution in [0, 0.1) is 0 Å². The van der Waals surface area contributed by atoms with Gasteiger partial charge in [0.15, 0.2) is 11.5 Å². The first kappa shape index (κ1) is 14.6. The Hall–Kier alpha value is -1.42. The fourth-order valence-electron chi connectivity index (χ4n) is 2.02. The molecule has 0 saturated heterocycles. The van der Waals surface area contributed by atoms with E-state index in [1.807, 2.05) is 0 Å². The number of carbonyl (C=O) groups is 2. The summed E-state index contributed by atoms with van der Waals surface area (Å²) >= 11 is 0. The van der Waals surface area contributed by atoms with Crippen molar-refractivity contribution in [3.05, 3.63) is 23.0 Å². The Morgan fingerprint density at radius 1 is 1.33 bits per heavy atom. The minimum absolute atomic E-state index is 0.0736. The number of hydrogen-bond donors (Lipinski definition) is 1. The lowest BCUT2D eigenvalue weighted by Crippen LogP contribution is -2.26. The zero-order valence-electron chi connectivity index (χ0n) is 11.2. The molecule has 0 bridgehead atoms. The molecule has 100 valence electrons. The third kappa shape index (κ3) is 3.07. The van der Waals surface area contributed by atoms with Gasteiger partial charge in [-0.25, -0.2) is 0 Å². The van der Waals surface area contributed by atoms with Crippen molar-refractivity contribution in [1.82, 2.24) is 0 Å². The highest BCUT2D eigenvalue weighted by Crippen LogP contribution is 2.23. The first-order chi connectivity index (χ1) is 8.52. The molecular formula is C14H20O4. The first-order valence-corrected chi connectivity index (χ1v) is 6.26. The normalized spacial score (nSPS) is 17.9. The van der Waals surface area contributed by atoms with E-state index >= 15 is 0 Å². The molecule has 0 saturated carbocycles. The van der Waals surface area contributed by atoms with E-state index < -0.39 is 6.10 Å². The van der Waals surface area contributed by atoms with Gasteiger partial charge in [0, 0.05) is 11.1 Å². The largest absolute Gasteiger partial charge is 0.492 e. The number of aliphatic hydroxyl groups excluding tert-OH is 1. The van der Waals surface area contributed by atoms with Crippen molar-refractivity contribution in [2.45, 2.75) is 45.6 Å². The van der Waals surface area contributed by atoms with Crippen LogP contribution in [0.1, 0.15) is 39.5 Å². The van der Waals surface area contributed by atoms with E-state index in [0.717, 1.165) is 19.3 Å². The number of methoxy groups -OCH3 is 1. The molecule has 0 radical (unpaired) electrons. The minimum atomic E-state index is -0.860. The fourth-order valence-corrected chi connectivity index (χ4v) is 2.02. The first-order valence-electron chi connectivity index (χ1n) is 6.26. The Bertz CT molecular complexity index is 404. The molecule has 0 aromatic heterocycles. The predicted octanol–water partition coefficient (Wildman–Crippen LogP) is 1.93. The highest BCUT2D eigenvalue weighted by atomic mass is 16.5. The Kier molecular flexibility index (Phi) is 5.28. The molecule has 1 aliphatic carbocycles. The summed E-state index contributed by atoms with van der Waals surface area (Å²) in [6.07, 6.45) is 3.74. The van der Waals surface area contributed by atoms with Crippen molar-refractivity contribution in [3.8, 4) is 0 Å². The highest BCUT2D eigenvalue weighted by molar-refractivity contribution is 6.22. The standard InChI is InChI=1S/C14H20O4/c1-4-5-6-7-11(15)10-8-12(16)14(18-3)9(2)13(10)17/h8,11,15H,4-7H2,1-3H3. The van der Waals surface area contributed by atoms with Gasteiger partial charge >= 0.3 is 0 Å². The maximum atomic E-state index is 12.0. The predicted molar refractivity (Wildman–Crippen MR) is 68.0 cm³/mol. The van der Waals surface area contributed by atoms with Crippen LogP contribution in [0.2, 0.25) is 0 Å². The molecule has 1 rings (SSSR count). The lowest BCUT2D eigenvalue weighted by Gasteiger charge is -2.19. The molecule has 0 spiro atoms. The summed E-state index contributed by atoms with van der Waals surface area (Å²) in [5.74, 6) is -0.570. The van der Waals surface area contributed by atoms with E-state index in [1.54, 1.807) is 6.92 Å². The second-order valence-corrected chi connectivity index (χ2v) is 4.46. The van der Waals surface area contributed by atoms with E-state index in [4.69, 9.17) is 4.74 Å². The summed E-state index contributed by atoms with van der Waals surface area (Å²) < 4.78 is 4.90. The number of hydrogen-bond acceptors (Lipinski definition) is 4. The number of ether oxygens (including phenoxy) is 1. The van der Waals surface area contributed by atoms with Crippen LogP contribution in [0.25, 0.3) is 0 Å². The molecule has 0 aromatic carbocycles. The molecule has 1 unspecified atom stereocenters. The van der Waals surface area contributed by atoms with Gasteiger partial charge in [0.05, 0.1) is 13.2 Å². The molecule has 0 amide bonds. The number of rotatable bonds is 6. The average molecular weight is 252 g/mol. The van der Waals surface area contributed by atoms with Crippen LogP contribution in [0.5, 0.6) is 0 Å². The van der Waals surface area contributed by atoms with Crippen LogP contribution < -0.4 is 0 Å². The van der Waals surface area contributed by atoms with Crippen LogP contribution in [0.3, 0.4) is 0 Å². The van der Waals surface area contributed by atoms with Crippen LogP contribution in [0.15, 0.2) is 23.0 Å². The molecule has 0 fully saturated rings. The molecule has 4 nitrogen and oxygen atoms in total. The van der Waals surface area contributed by atoms with Gasteiger partial charge in [-0.1, -0.05) is 26.2 Å². The van der Waals surface area contributed by atoms with Gasteiger partial charge in [-0.05, 0) is 19.4 Å². The van der Waals surface area contributed by atoms with Crippen molar-refractivity contribution >= 4 is 11.6 Å². The van der Waals surface area contributed by atoms with Gasteiger partial charge in [0.1, 0.15) is 0 Å². The number of carbonyl (C=O) groups excluding carboxylic acids is 2. The quantitative estimate of drug-likeness (QED) is 0.579. The lowest BCUT2D eigenvalue weighted by atomic mass is 9.90. The molecule has 0 aliphatic heterocycles. The number of unbranched alkanes of at least 4 members (excludes halogenated alkanes) is 2. The molecule has 0 aromatic rings. The molecule has 4 heteroatoms. The van der Waals surface area contributed by atoms with Crippen molar-refractivity contribution in [2.75, 3.05) is 7.11 Å². The van der Waals surface area contributed by atoms with Crippen molar-refractivity contribution in [1.29, 1.82) is 0 Å². The van der Waals surface area contributed by atoms with Crippen molar-refractivity contribution in [3.63, 3.8) is 0 Å². The Balaban J connectivity index is 2.80. The fraction of sp³-hybridized carbons (Fsp3) is 0.571. The second kappa shape index (κ2) is 6.50. The maximum Gasteiger partial charge on any atom is 0.221 e. The van der Waals surface area contributed by atoms with Crippen LogP contribution in [-0.2, 0) is 14.3 Å². The summed E-state index contributed by atoms with van der Waals surface area (Å²) in [4.78, 5) is 23.7. The third-order valence-corrected chi connectivity index (χ3v) is 3.10. The second-order valence-electron chi connectivity index (χ2n) is 4.46. The van der Waals surface area contributed by atoms with Crippen molar-refractivity contribution in [2.24, 2.45) is 0 Å². The SMILES string of the molecule is CCCCCC(O)C1=CC(=O)C(OC)=C(C)C1=O. The average Bonchev–Trinajstić information content (AvgIpc) is 2.34. The Labute approximate surface area is 107 Å². The summed E-state index contributed by atoms with van der Waals surface area (Å²) in [6, 6.07) is 0. The molecule has 18 heavy (non-hydrogen) atoms. The van der Waals surface area contributed by atoms with Gasteiger partial charge in [-0.3, -0.25) is 9.59 Å². The topological polar surface area (TPSA) is 63.6 Å². The molecule has 1 aliphatic rings. The third-order valence-electron chi connectivity index (χ3n) is 3.10. The van der Waals surface area contributed by atoms with Gasteiger partial charge in [0.2, 0.25) is 5.78 Å². The van der Waals surface area contributed by atoms with Crippen LogP contribution in [-0.4, -0.2) is 29.9 Å². The number of aliphatic hydroxyl groups is 1. The number of ketones is 2. The summed E-state index contributed by atoms with van der Waals surface area (Å²) in [6.45, 7) is 3.61. The smallest absolute Gasteiger partial charge is 0.221 e. The number of Topliss-reactive ketones (excluding diaryl/α,β-unsaturated/α-hetero) is 1. The zero-order chi connectivity index (χ0) is 13.7. The monoisotopic (exact) mass is 252 g/mol. The number of allylic oxidation sites excluding steroid dienone is 2. The zero-order valence-corrected chi connectivity index (χ0v) is 11.2. The molecule has 0 heterocycles. The molecular weight excluding hydrogens is 232 g/mol.